The summed E-state index contributed by atoms with van der Waals surface area (Å²) in [4.78, 5) is 13.1. The SMILES string of the molecule is CCN[C@H](C)CNC(=O)c1ccc(SC(C)C)cc1. The zero-order valence-electron chi connectivity index (χ0n) is 12.2. The van der Waals surface area contributed by atoms with Gasteiger partial charge >= 0.3 is 0 Å². The second kappa shape index (κ2) is 8.23. The summed E-state index contributed by atoms with van der Waals surface area (Å²) in [5, 5.41) is 6.76. The van der Waals surface area contributed by atoms with Gasteiger partial charge in [-0.3, -0.25) is 4.79 Å². The zero-order valence-corrected chi connectivity index (χ0v) is 13.0. The predicted molar refractivity (Wildman–Crippen MR) is 82.9 cm³/mol. The highest BCUT2D eigenvalue weighted by Crippen LogP contribution is 2.22. The Labute approximate surface area is 120 Å². The van der Waals surface area contributed by atoms with Gasteiger partial charge in [-0.05, 0) is 37.7 Å². The van der Waals surface area contributed by atoms with Crippen LogP contribution in [0.2, 0.25) is 0 Å². The maximum atomic E-state index is 11.9. The van der Waals surface area contributed by atoms with Gasteiger partial charge in [0.25, 0.3) is 5.91 Å². The van der Waals surface area contributed by atoms with Crippen LogP contribution in [-0.2, 0) is 0 Å². The minimum Gasteiger partial charge on any atom is -0.350 e. The number of nitrogens with one attached hydrogen (secondary N) is 2. The maximum absolute atomic E-state index is 11.9. The molecule has 2 N–H and O–H groups in total. The van der Waals surface area contributed by atoms with E-state index in [0.717, 1.165) is 12.1 Å². The highest BCUT2D eigenvalue weighted by atomic mass is 32.2. The highest BCUT2D eigenvalue weighted by molar-refractivity contribution is 7.99. The molecule has 0 aliphatic carbocycles. The van der Waals surface area contributed by atoms with Crippen molar-refractivity contribution in [2.75, 3.05) is 13.1 Å². The van der Waals surface area contributed by atoms with Gasteiger partial charge in [-0.25, -0.2) is 0 Å². The number of amides is 1. The van der Waals surface area contributed by atoms with Crippen LogP contribution in [0.4, 0.5) is 0 Å². The summed E-state index contributed by atoms with van der Waals surface area (Å²) in [6.45, 7) is 10.0. The molecule has 0 aromatic heterocycles. The van der Waals surface area contributed by atoms with Gasteiger partial charge in [0.1, 0.15) is 0 Å². The zero-order chi connectivity index (χ0) is 14.3. The molecule has 1 atom stereocenters. The summed E-state index contributed by atoms with van der Waals surface area (Å²) in [5.41, 5.74) is 0.719. The van der Waals surface area contributed by atoms with Gasteiger partial charge < -0.3 is 10.6 Å². The van der Waals surface area contributed by atoms with Crippen LogP contribution in [0.5, 0.6) is 0 Å². The third kappa shape index (κ3) is 6.12. The van der Waals surface area contributed by atoms with E-state index in [1.807, 2.05) is 24.3 Å². The third-order valence-electron chi connectivity index (χ3n) is 2.61. The fourth-order valence-corrected chi connectivity index (χ4v) is 2.56. The molecule has 0 saturated heterocycles. The van der Waals surface area contributed by atoms with Crippen molar-refractivity contribution in [3.05, 3.63) is 29.8 Å². The summed E-state index contributed by atoms with van der Waals surface area (Å²) in [5.74, 6) is -0.00847. The van der Waals surface area contributed by atoms with Crippen LogP contribution in [0.15, 0.2) is 29.2 Å². The molecule has 3 nitrogen and oxygen atoms in total. The van der Waals surface area contributed by atoms with E-state index in [4.69, 9.17) is 0 Å². The molecule has 0 radical (unpaired) electrons. The molecule has 1 aromatic rings. The van der Waals surface area contributed by atoms with Crippen LogP contribution in [0.3, 0.4) is 0 Å². The Morgan fingerprint density at radius 3 is 2.37 bits per heavy atom. The molecule has 1 aromatic carbocycles. The lowest BCUT2D eigenvalue weighted by Gasteiger charge is -2.13. The van der Waals surface area contributed by atoms with Gasteiger partial charge in [0.05, 0.1) is 0 Å². The van der Waals surface area contributed by atoms with E-state index in [9.17, 15) is 4.79 Å². The molecule has 4 heteroatoms. The molecule has 1 amide bonds. The first kappa shape index (κ1) is 16.1. The van der Waals surface area contributed by atoms with Crippen LogP contribution >= 0.6 is 11.8 Å². The number of carbonyl (C=O) groups is 1. The number of rotatable bonds is 7. The maximum Gasteiger partial charge on any atom is 0.251 e. The van der Waals surface area contributed by atoms with Gasteiger partial charge in [0, 0.05) is 28.3 Å². The third-order valence-corrected chi connectivity index (χ3v) is 3.63. The molecule has 19 heavy (non-hydrogen) atoms. The van der Waals surface area contributed by atoms with Crippen LogP contribution in [0, 0.1) is 0 Å². The van der Waals surface area contributed by atoms with Crippen molar-refractivity contribution < 1.29 is 4.79 Å². The first-order valence-corrected chi connectivity index (χ1v) is 7.69. The van der Waals surface area contributed by atoms with Gasteiger partial charge in [0.15, 0.2) is 0 Å². The second-order valence-corrected chi connectivity index (χ2v) is 6.51. The molecule has 0 bridgehead atoms. The molecular formula is C15H24N2OS. The van der Waals surface area contributed by atoms with Crippen LogP contribution in [0.1, 0.15) is 38.1 Å². The molecule has 106 valence electrons. The summed E-state index contributed by atoms with van der Waals surface area (Å²) < 4.78 is 0. The van der Waals surface area contributed by atoms with Crippen molar-refractivity contribution >= 4 is 17.7 Å². The Kier molecular flexibility index (Phi) is 6.95. The lowest BCUT2D eigenvalue weighted by atomic mass is 10.2. The van der Waals surface area contributed by atoms with Crippen molar-refractivity contribution in [1.29, 1.82) is 0 Å². The monoisotopic (exact) mass is 280 g/mol. The van der Waals surface area contributed by atoms with Crippen molar-refractivity contribution in [3.63, 3.8) is 0 Å². The lowest BCUT2D eigenvalue weighted by molar-refractivity contribution is 0.0950. The van der Waals surface area contributed by atoms with E-state index >= 15 is 0 Å². The molecule has 0 heterocycles. The number of thioether (sulfide) groups is 1. The standard InChI is InChI=1S/C15H24N2OS/c1-5-16-12(4)10-17-15(18)13-6-8-14(9-7-13)19-11(2)3/h6-9,11-12,16H,5,10H2,1-4H3,(H,17,18)/t12-/m1/s1. The lowest BCUT2D eigenvalue weighted by Crippen LogP contribution is -2.38. The van der Waals surface area contributed by atoms with Crippen molar-refractivity contribution in [2.24, 2.45) is 0 Å². The minimum atomic E-state index is -0.00847. The van der Waals surface area contributed by atoms with Crippen LogP contribution < -0.4 is 10.6 Å². The van der Waals surface area contributed by atoms with Gasteiger partial charge in [-0.2, -0.15) is 0 Å². The molecule has 0 aliphatic heterocycles. The molecule has 0 fully saturated rings. The second-order valence-electron chi connectivity index (χ2n) is 4.86. The Morgan fingerprint density at radius 2 is 1.84 bits per heavy atom. The summed E-state index contributed by atoms with van der Waals surface area (Å²) in [6.07, 6.45) is 0. The van der Waals surface area contributed by atoms with Crippen LogP contribution in [0.25, 0.3) is 0 Å². The number of likely N-dealkylation sites (N-methyl/N-ethyl adjacent to an activating group) is 1. The molecule has 0 unspecified atom stereocenters. The summed E-state index contributed by atoms with van der Waals surface area (Å²) in [7, 11) is 0. The highest BCUT2D eigenvalue weighted by Gasteiger charge is 2.07. The van der Waals surface area contributed by atoms with Gasteiger partial charge in [-0.15, -0.1) is 11.8 Å². The quantitative estimate of drug-likeness (QED) is 0.755. The number of hydrogen-bond donors (Lipinski definition) is 2. The fraction of sp³-hybridized carbons (Fsp3) is 0.533. The number of hydrogen-bond acceptors (Lipinski definition) is 3. The topological polar surface area (TPSA) is 41.1 Å². The summed E-state index contributed by atoms with van der Waals surface area (Å²) >= 11 is 1.80. The number of benzene rings is 1. The van der Waals surface area contributed by atoms with E-state index in [0.29, 0.717) is 17.8 Å². The number of carbonyl (C=O) groups excluding carboxylic acids is 1. The minimum absolute atomic E-state index is 0.00847. The first-order valence-electron chi connectivity index (χ1n) is 6.81. The average Bonchev–Trinajstić information content (AvgIpc) is 2.36. The van der Waals surface area contributed by atoms with Gasteiger partial charge in [0.2, 0.25) is 0 Å². The first-order chi connectivity index (χ1) is 9.02. The predicted octanol–water partition coefficient (Wildman–Crippen LogP) is 2.91. The van der Waals surface area contributed by atoms with Crippen molar-refractivity contribution in [2.45, 2.75) is 43.9 Å². The van der Waals surface area contributed by atoms with Crippen molar-refractivity contribution in [1.82, 2.24) is 10.6 Å². The fourth-order valence-electron chi connectivity index (χ4n) is 1.73. The molecular weight excluding hydrogens is 256 g/mol. The summed E-state index contributed by atoms with van der Waals surface area (Å²) in [6, 6.07) is 8.08. The van der Waals surface area contributed by atoms with E-state index in [1.165, 1.54) is 4.90 Å². The molecule has 0 aliphatic rings. The average molecular weight is 280 g/mol. The normalized spacial score (nSPS) is 12.5. The molecule has 1 rings (SSSR count). The van der Waals surface area contributed by atoms with E-state index in [1.54, 1.807) is 11.8 Å². The smallest absolute Gasteiger partial charge is 0.251 e. The molecule has 0 saturated carbocycles. The van der Waals surface area contributed by atoms with E-state index in [-0.39, 0.29) is 5.91 Å². The Hall–Kier alpha value is -1.00. The Balaban J connectivity index is 2.48. The van der Waals surface area contributed by atoms with E-state index in [2.05, 4.69) is 38.3 Å². The Bertz CT molecular complexity index is 390. The van der Waals surface area contributed by atoms with Crippen LogP contribution in [-0.4, -0.2) is 30.3 Å². The Morgan fingerprint density at radius 1 is 1.21 bits per heavy atom. The largest absolute Gasteiger partial charge is 0.350 e. The van der Waals surface area contributed by atoms with Gasteiger partial charge in [-0.1, -0.05) is 20.8 Å². The van der Waals surface area contributed by atoms with Crippen molar-refractivity contribution in [3.8, 4) is 0 Å². The van der Waals surface area contributed by atoms with E-state index < -0.39 is 0 Å². The molecule has 0 spiro atoms.